The summed E-state index contributed by atoms with van der Waals surface area (Å²) in [5.41, 5.74) is -1.19. The van der Waals surface area contributed by atoms with Crippen LogP contribution in [0.2, 0.25) is 0 Å². The van der Waals surface area contributed by atoms with Gasteiger partial charge in [0.25, 0.3) is 0 Å². The van der Waals surface area contributed by atoms with E-state index in [1.54, 1.807) is 6.92 Å². The lowest BCUT2D eigenvalue weighted by Crippen LogP contribution is -2.43. The van der Waals surface area contributed by atoms with Gasteiger partial charge in [-0.25, -0.2) is 4.79 Å². The summed E-state index contributed by atoms with van der Waals surface area (Å²) in [4.78, 5) is 32.6. The van der Waals surface area contributed by atoms with Gasteiger partial charge in [0.15, 0.2) is 0 Å². The Morgan fingerprint density at radius 3 is 2.22 bits per heavy atom. The maximum absolute atomic E-state index is 11.5. The Balaban J connectivity index is 4.37. The maximum Gasteiger partial charge on any atom is 0.326 e. The van der Waals surface area contributed by atoms with Crippen molar-refractivity contribution in [3.05, 3.63) is 0 Å². The summed E-state index contributed by atoms with van der Waals surface area (Å²) in [5.74, 6) is -3.03. The topological polar surface area (TPSA) is 124 Å². The predicted octanol–water partition coefficient (Wildman–Crippen LogP) is -0.0283. The molecule has 7 heteroatoms. The fraction of sp³-hybridized carbons (Fsp3) is 0.727. The van der Waals surface area contributed by atoms with Crippen molar-refractivity contribution >= 4 is 17.8 Å². The quantitative estimate of drug-likeness (QED) is 0.486. The average Bonchev–Trinajstić information content (AvgIpc) is 2.22. The van der Waals surface area contributed by atoms with Crippen molar-refractivity contribution in [3.8, 4) is 0 Å². The third-order valence-electron chi connectivity index (χ3n) is 2.58. The molecule has 18 heavy (non-hydrogen) atoms. The van der Waals surface area contributed by atoms with Crippen LogP contribution < -0.4 is 5.32 Å². The third kappa shape index (κ3) is 6.85. The normalized spacial score (nSPS) is 15.5. The highest BCUT2D eigenvalue weighted by Crippen LogP contribution is 2.13. The van der Waals surface area contributed by atoms with Gasteiger partial charge in [0.2, 0.25) is 5.91 Å². The molecule has 0 radical (unpaired) electrons. The molecule has 0 rings (SSSR count). The molecule has 7 nitrogen and oxygen atoms in total. The minimum Gasteiger partial charge on any atom is -0.481 e. The van der Waals surface area contributed by atoms with Crippen LogP contribution in [0.5, 0.6) is 0 Å². The van der Waals surface area contributed by atoms with Gasteiger partial charge in [-0.15, -0.1) is 0 Å². The van der Waals surface area contributed by atoms with E-state index in [2.05, 4.69) is 5.32 Å². The molecular weight excluding hydrogens is 242 g/mol. The fourth-order valence-electron chi connectivity index (χ4n) is 1.24. The number of carbonyl (C=O) groups is 3. The zero-order valence-corrected chi connectivity index (χ0v) is 10.5. The first-order valence-corrected chi connectivity index (χ1v) is 5.64. The van der Waals surface area contributed by atoms with Gasteiger partial charge in [0.1, 0.15) is 6.04 Å². The van der Waals surface area contributed by atoms with Crippen molar-refractivity contribution in [2.24, 2.45) is 0 Å². The van der Waals surface area contributed by atoms with Gasteiger partial charge in [0.05, 0.1) is 12.0 Å². The molecule has 104 valence electrons. The highest BCUT2D eigenvalue weighted by Gasteiger charge is 2.26. The molecule has 0 aliphatic rings. The van der Waals surface area contributed by atoms with Gasteiger partial charge in [0, 0.05) is 6.42 Å². The second kappa shape index (κ2) is 6.95. The number of nitrogens with one attached hydrogen (secondary N) is 1. The van der Waals surface area contributed by atoms with Gasteiger partial charge in [-0.1, -0.05) is 6.92 Å². The molecule has 0 aromatic carbocycles. The summed E-state index contributed by atoms with van der Waals surface area (Å²) in [7, 11) is 0. The Labute approximate surface area is 105 Å². The van der Waals surface area contributed by atoms with Crippen LogP contribution in [0.3, 0.4) is 0 Å². The molecule has 1 unspecified atom stereocenters. The molecule has 0 aromatic heterocycles. The zero-order chi connectivity index (χ0) is 14.3. The van der Waals surface area contributed by atoms with E-state index in [0.717, 1.165) is 0 Å². The molecule has 0 spiro atoms. The minimum absolute atomic E-state index is 0.190. The molecule has 0 saturated carbocycles. The number of hydrogen-bond acceptors (Lipinski definition) is 4. The van der Waals surface area contributed by atoms with Crippen LogP contribution in [-0.4, -0.2) is 44.8 Å². The number of carboxylic acid groups (broad SMARTS) is 2. The van der Waals surface area contributed by atoms with Crippen LogP contribution in [-0.2, 0) is 14.4 Å². The molecule has 0 aliphatic carbocycles. The highest BCUT2D eigenvalue weighted by atomic mass is 16.4. The molecule has 1 amide bonds. The van der Waals surface area contributed by atoms with Crippen LogP contribution in [0, 0.1) is 0 Å². The minimum atomic E-state index is -1.29. The molecule has 2 atom stereocenters. The molecule has 0 fully saturated rings. The Kier molecular flexibility index (Phi) is 6.32. The van der Waals surface area contributed by atoms with Gasteiger partial charge < -0.3 is 20.6 Å². The number of rotatable bonds is 8. The number of aliphatic carboxylic acids is 2. The summed E-state index contributed by atoms with van der Waals surface area (Å²) >= 11 is 0. The molecule has 0 saturated heterocycles. The number of aliphatic hydroxyl groups is 1. The molecular formula is C11H19NO6. The lowest BCUT2D eigenvalue weighted by molar-refractivity contribution is -0.143. The number of carboxylic acids is 2. The van der Waals surface area contributed by atoms with Crippen molar-refractivity contribution in [2.45, 2.75) is 51.2 Å². The summed E-state index contributed by atoms with van der Waals surface area (Å²) in [6, 6.07) is -1.25. The zero-order valence-electron chi connectivity index (χ0n) is 10.5. The predicted molar refractivity (Wildman–Crippen MR) is 62.0 cm³/mol. The van der Waals surface area contributed by atoms with Crippen molar-refractivity contribution in [3.63, 3.8) is 0 Å². The first-order chi connectivity index (χ1) is 8.18. The van der Waals surface area contributed by atoms with Crippen LogP contribution in [0.1, 0.15) is 39.5 Å². The second-order valence-corrected chi connectivity index (χ2v) is 4.42. The number of amides is 1. The Morgan fingerprint density at radius 2 is 1.83 bits per heavy atom. The van der Waals surface area contributed by atoms with Crippen molar-refractivity contribution in [2.75, 3.05) is 0 Å². The van der Waals surface area contributed by atoms with E-state index in [4.69, 9.17) is 10.2 Å². The van der Waals surface area contributed by atoms with E-state index in [9.17, 15) is 19.5 Å². The third-order valence-corrected chi connectivity index (χ3v) is 2.58. The first-order valence-electron chi connectivity index (χ1n) is 5.64. The van der Waals surface area contributed by atoms with Gasteiger partial charge in [-0.05, 0) is 19.8 Å². The SMILES string of the molecule is CCC(C)(O)CC(=O)N[C@@H](CCC(=O)O)C(=O)O. The van der Waals surface area contributed by atoms with Crippen LogP contribution in [0.4, 0.5) is 0 Å². The van der Waals surface area contributed by atoms with Crippen LogP contribution >= 0.6 is 0 Å². The molecule has 0 aromatic rings. The van der Waals surface area contributed by atoms with Gasteiger partial charge in [-0.3, -0.25) is 9.59 Å². The van der Waals surface area contributed by atoms with Crippen LogP contribution in [0.25, 0.3) is 0 Å². The standard InChI is InChI=1S/C11H19NO6/c1-3-11(2,18)6-8(13)12-7(10(16)17)4-5-9(14)15/h7,18H,3-6H2,1-2H3,(H,12,13)(H,14,15)(H,16,17)/t7-,11?/m0/s1. The summed E-state index contributed by atoms with van der Waals surface area (Å²) < 4.78 is 0. The van der Waals surface area contributed by atoms with E-state index in [1.165, 1.54) is 6.92 Å². The molecule has 4 N–H and O–H groups in total. The highest BCUT2D eigenvalue weighted by molar-refractivity contribution is 5.84. The smallest absolute Gasteiger partial charge is 0.326 e. The molecule has 0 bridgehead atoms. The first kappa shape index (κ1) is 16.4. The van der Waals surface area contributed by atoms with E-state index in [-0.39, 0.29) is 19.3 Å². The van der Waals surface area contributed by atoms with Gasteiger partial charge >= 0.3 is 11.9 Å². The van der Waals surface area contributed by atoms with Crippen molar-refractivity contribution < 1.29 is 29.7 Å². The van der Waals surface area contributed by atoms with Gasteiger partial charge in [-0.2, -0.15) is 0 Å². The number of carbonyl (C=O) groups excluding carboxylic acids is 1. The Morgan fingerprint density at radius 1 is 1.28 bits per heavy atom. The largest absolute Gasteiger partial charge is 0.481 e. The van der Waals surface area contributed by atoms with Crippen molar-refractivity contribution in [1.82, 2.24) is 5.32 Å². The summed E-state index contributed by atoms with van der Waals surface area (Å²) in [5, 5.41) is 29.1. The lowest BCUT2D eigenvalue weighted by atomic mass is 9.98. The number of hydrogen-bond donors (Lipinski definition) is 4. The maximum atomic E-state index is 11.5. The monoisotopic (exact) mass is 261 g/mol. The molecule has 0 aliphatic heterocycles. The average molecular weight is 261 g/mol. The second-order valence-electron chi connectivity index (χ2n) is 4.42. The van der Waals surface area contributed by atoms with Crippen molar-refractivity contribution in [1.29, 1.82) is 0 Å². The lowest BCUT2D eigenvalue weighted by Gasteiger charge is -2.22. The Bertz CT molecular complexity index is 325. The van der Waals surface area contributed by atoms with E-state index >= 15 is 0 Å². The van der Waals surface area contributed by atoms with E-state index < -0.39 is 29.5 Å². The summed E-state index contributed by atoms with van der Waals surface area (Å²) in [6.07, 6.45) is -0.403. The Hall–Kier alpha value is -1.63. The van der Waals surface area contributed by atoms with E-state index in [0.29, 0.717) is 6.42 Å². The molecule has 0 heterocycles. The summed E-state index contributed by atoms with van der Waals surface area (Å²) in [6.45, 7) is 3.17. The van der Waals surface area contributed by atoms with E-state index in [1.807, 2.05) is 0 Å². The van der Waals surface area contributed by atoms with Crippen LogP contribution in [0.15, 0.2) is 0 Å². The fourth-order valence-corrected chi connectivity index (χ4v) is 1.24.